The van der Waals surface area contributed by atoms with E-state index in [2.05, 4.69) is 15.5 Å². The van der Waals surface area contributed by atoms with Gasteiger partial charge in [0.05, 0.1) is 12.0 Å². The first kappa shape index (κ1) is 17.4. The molecule has 27 heavy (non-hydrogen) atoms. The number of nitrogens with zero attached hydrogens (tertiary/aromatic N) is 3. The molecule has 0 saturated heterocycles. The van der Waals surface area contributed by atoms with Crippen molar-refractivity contribution < 1.29 is 9.21 Å². The van der Waals surface area contributed by atoms with Crippen LogP contribution in [0.4, 0.5) is 5.69 Å². The van der Waals surface area contributed by atoms with Gasteiger partial charge in [0.2, 0.25) is 5.91 Å². The summed E-state index contributed by atoms with van der Waals surface area (Å²) in [7, 11) is 0. The molecule has 0 radical (unpaired) electrons. The Hall–Kier alpha value is -3.06. The van der Waals surface area contributed by atoms with Gasteiger partial charge in [0.1, 0.15) is 0 Å². The second-order valence-electron chi connectivity index (χ2n) is 5.93. The third-order valence-electron chi connectivity index (χ3n) is 4.14. The lowest BCUT2D eigenvalue weighted by molar-refractivity contribution is -0.113. The van der Waals surface area contributed by atoms with Crippen LogP contribution in [0, 0.1) is 0 Å². The summed E-state index contributed by atoms with van der Waals surface area (Å²) in [6, 6.07) is 17.6. The topological polar surface area (TPSA) is 73.0 Å². The van der Waals surface area contributed by atoms with Crippen LogP contribution in [0.1, 0.15) is 6.92 Å². The van der Waals surface area contributed by atoms with Crippen LogP contribution in [0.2, 0.25) is 0 Å². The average Bonchev–Trinajstić information content (AvgIpc) is 3.35. The van der Waals surface area contributed by atoms with Crippen molar-refractivity contribution in [3.8, 4) is 11.6 Å². The molecule has 0 unspecified atom stereocenters. The summed E-state index contributed by atoms with van der Waals surface area (Å²) >= 11 is 1.36. The SMILES string of the molecule is CCn1c(SCC(=O)Nc2ccc3ccccc3c2)nnc1-c1ccco1. The van der Waals surface area contributed by atoms with Gasteiger partial charge in [-0.2, -0.15) is 0 Å². The number of anilines is 1. The van der Waals surface area contributed by atoms with Crippen LogP contribution in [-0.4, -0.2) is 26.4 Å². The first-order valence-electron chi connectivity index (χ1n) is 8.63. The van der Waals surface area contributed by atoms with Crippen molar-refractivity contribution in [3.05, 3.63) is 60.9 Å². The molecule has 0 aliphatic rings. The Bertz CT molecular complexity index is 1070. The largest absolute Gasteiger partial charge is 0.461 e. The van der Waals surface area contributed by atoms with Gasteiger partial charge in [-0.15, -0.1) is 10.2 Å². The molecule has 0 spiro atoms. The van der Waals surface area contributed by atoms with Crippen molar-refractivity contribution in [2.75, 3.05) is 11.1 Å². The van der Waals surface area contributed by atoms with E-state index in [9.17, 15) is 4.79 Å². The molecule has 1 N–H and O–H groups in total. The Labute approximate surface area is 160 Å². The highest BCUT2D eigenvalue weighted by Crippen LogP contribution is 2.24. The van der Waals surface area contributed by atoms with E-state index >= 15 is 0 Å². The smallest absolute Gasteiger partial charge is 0.234 e. The normalized spacial score (nSPS) is 11.0. The maximum atomic E-state index is 12.3. The molecule has 2 aromatic heterocycles. The molecule has 0 bridgehead atoms. The number of amides is 1. The molecular formula is C20H18N4O2S. The zero-order chi connectivity index (χ0) is 18.6. The fraction of sp³-hybridized carbons (Fsp3) is 0.150. The van der Waals surface area contributed by atoms with E-state index < -0.39 is 0 Å². The molecule has 0 atom stereocenters. The van der Waals surface area contributed by atoms with Crippen LogP contribution >= 0.6 is 11.8 Å². The Morgan fingerprint density at radius 2 is 1.96 bits per heavy atom. The number of nitrogens with one attached hydrogen (secondary N) is 1. The number of carbonyl (C=O) groups excluding carboxylic acids is 1. The van der Waals surface area contributed by atoms with Crippen LogP contribution in [0.3, 0.4) is 0 Å². The van der Waals surface area contributed by atoms with Gasteiger partial charge >= 0.3 is 0 Å². The molecule has 6 nitrogen and oxygen atoms in total. The molecule has 4 rings (SSSR count). The van der Waals surface area contributed by atoms with E-state index in [0.717, 1.165) is 16.5 Å². The number of thioether (sulfide) groups is 1. The molecular weight excluding hydrogens is 360 g/mol. The predicted molar refractivity (Wildman–Crippen MR) is 107 cm³/mol. The standard InChI is InChI=1S/C20H18N4O2S/c1-2-24-19(17-8-5-11-26-17)22-23-20(24)27-13-18(25)21-16-10-9-14-6-3-4-7-15(14)12-16/h3-12H,2,13H2,1H3,(H,21,25). The second kappa shape index (κ2) is 7.67. The van der Waals surface area contributed by atoms with Gasteiger partial charge < -0.3 is 9.73 Å². The van der Waals surface area contributed by atoms with Gasteiger partial charge in [-0.05, 0) is 42.0 Å². The Kier molecular flexibility index (Phi) is 4.93. The number of hydrogen-bond acceptors (Lipinski definition) is 5. The first-order chi connectivity index (χ1) is 13.2. The van der Waals surface area contributed by atoms with Crippen molar-refractivity contribution in [2.45, 2.75) is 18.6 Å². The van der Waals surface area contributed by atoms with Gasteiger partial charge in [-0.25, -0.2) is 0 Å². The minimum atomic E-state index is -0.0829. The number of fused-ring (bicyclic) bond motifs is 1. The van der Waals surface area contributed by atoms with Gasteiger partial charge in [0.25, 0.3) is 0 Å². The zero-order valence-corrected chi connectivity index (χ0v) is 15.6. The number of furan rings is 1. The van der Waals surface area contributed by atoms with Crippen molar-refractivity contribution in [2.24, 2.45) is 0 Å². The Morgan fingerprint density at radius 3 is 2.74 bits per heavy atom. The maximum Gasteiger partial charge on any atom is 0.234 e. The molecule has 2 aromatic carbocycles. The number of benzene rings is 2. The number of hydrogen-bond donors (Lipinski definition) is 1. The molecule has 0 saturated carbocycles. The lowest BCUT2D eigenvalue weighted by Gasteiger charge is -2.07. The Morgan fingerprint density at radius 1 is 1.11 bits per heavy atom. The van der Waals surface area contributed by atoms with E-state index in [1.54, 1.807) is 6.26 Å². The fourth-order valence-electron chi connectivity index (χ4n) is 2.86. The highest BCUT2D eigenvalue weighted by Gasteiger charge is 2.16. The molecule has 1 amide bonds. The molecule has 0 aliphatic heterocycles. The summed E-state index contributed by atoms with van der Waals surface area (Å²) in [6.45, 7) is 2.70. The molecule has 0 fully saturated rings. The highest BCUT2D eigenvalue weighted by molar-refractivity contribution is 7.99. The summed E-state index contributed by atoms with van der Waals surface area (Å²) < 4.78 is 7.34. The summed E-state index contributed by atoms with van der Waals surface area (Å²) in [4.78, 5) is 12.3. The fourth-order valence-corrected chi connectivity index (χ4v) is 3.67. The number of carbonyl (C=O) groups is 1. The van der Waals surface area contributed by atoms with Crippen LogP contribution in [-0.2, 0) is 11.3 Å². The van der Waals surface area contributed by atoms with Gasteiger partial charge in [0, 0.05) is 12.2 Å². The van der Waals surface area contributed by atoms with Crippen molar-refractivity contribution in [3.63, 3.8) is 0 Å². The minimum absolute atomic E-state index is 0.0829. The number of rotatable bonds is 6. The molecule has 2 heterocycles. The van der Waals surface area contributed by atoms with Crippen LogP contribution < -0.4 is 5.32 Å². The highest BCUT2D eigenvalue weighted by atomic mass is 32.2. The predicted octanol–water partition coefficient (Wildman–Crippen LogP) is 4.44. The molecule has 7 heteroatoms. The van der Waals surface area contributed by atoms with Crippen LogP contribution in [0.15, 0.2) is 70.4 Å². The van der Waals surface area contributed by atoms with Gasteiger partial charge in [-0.1, -0.05) is 42.1 Å². The monoisotopic (exact) mass is 378 g/mol. The summed E-state index contributed by atoms with van der Waals surface area (Å²) in [6.07, 6.45) is 1.60. The molecule has 0 aliphatic carbocycles. The van der Waals surface area contributed by atoms with Gasteiger partial charge in [0.15, 0.2) is 16.7 Å². The summed E-state index contributed by atoms with van der Waals surface area (Å²) in [5.41, 5.74) is 0.785. The van der Waals surface area contributed by atoms with Crippen LogP contribution in [0.5, 0.6) is 0 Å². The third kappa shape index (κ3) is 3.73. The quantitative estimate of drug-likeness (QED) is 0.502. The van der Waals surface area contributed by atoms with E-state index in [0.29, 0.717) is 23.3 Å². The summed E-state index contributed by atoms with van der Waals surface area (Å²) in [5, 5.41) is 14.3. The zero-order valence-electron chi connectivity index (χ0n) is 14.8. The second-order valence-corrected chi connectivity index (χ2v) is 6.87. The minimum Gasteiger partial charge on any atom is -0.461 e. The Balaban J connectivity index is 1.43. The lowest BCUT2D eigenvalue weighted by Crippen LogP contribution is -2.14. The molecule has 4 aromatic rings. The van der Waals surface area contributed by atoms with E-state index in [-0.39, 0.29) is 11.7 Å². The van der Waals surface area contributed by atoms with Gasteiger partial charge in [-0.3, -0.25) is 9.36 Å². The first-order valence-corrected chi connectivity index (χ1v) is 9.61. The summed E-state index contributed by atoms with van der Waals surface area (Å²) in [5.74, 6) is 1.50. The average molecular weight is 378 g/mol. The van der Waals surface area contributed by atoms with E-state index in [1.165, 1.54) is 11.8 Å². The third-order valence-corrected chi connectivity index (χ3v) is 5.11. The van der Waals surface area contributed by atoms with Crippen molar-refractivity contribution in [1.29, 1.82) is 0 Å². The maximum absolute atomic E-state index is 12.3. The van der Waals surface area contributed by atoms with Crippen LogP contribution in [0.25, 0.3) is 22.4 Å². The van der Waals surface area contributed by atoms with Crippen molar-refractivity contribution >= 4 is 34.1 Å². The molecule has 136 valence electrons. The number of aromatic nitrogens is 3. The van der Waals surface area contributed by atoms with E-state index in [1.807, 2.05) is 66.1 Å². The van der Waals surface area contributed by atoms with Crippen molar-refractivity contribution in [1.82, 2.24) is 14.8 Å². The van der Waals surface area contributed by atoms with E-state index in [4.69, 9.17) is 4.42 Å². The lowest BCUT2D eigenvalue weighted by atomic mass is 10.1.